The van der Waals surface area contributed by atoms with Gasteiger partial charge in [-0.15, -0.1) is 0 Å². The maximum atomic E-state index is 12.1. The Bertz CT molecular complexity index is 370. The fourth-order valence-corrected chi connectivity index (χ4v) is 1.41. The topological polar surface area (TPSA) is 61.9 Å². The summed E-state index contributed by atoms with van der Waals surface area (Å²) < 4.78 is 0. The molecule has 1 heterocycles. The van der Waals surface area contributed by atoms with Gasteiger partial charge in [0.05, 0.1) is 6.54 Å². The van der Waals surface area contributed by atoms with Crippen molar-refractivity contribution in [2.75, 3.05) is 7.05 Å². The van der Waals surface area contributed by atoms with Gasteiger partial charge in [0, 0.05) is 12.5 Å². The van der Waals surface area contributed by atoms with Crippen molar-refractivity contribution in [2.24, 2.45) is 5.41 Å². The average molecular weight is 224 g/mol. The molecule has 0 saturated heterocycles. The van der Waals surface area contributed by atoms with Crippen molar-refractivity contribution < 1.29 is 4.79 Å². The number of amides is 1. The molecule has 90 valence electrons. The number of nitrogens with zero attached hydrogens (tertiary/aromatic N) is 3. The number of aromatic amines is 1. The lowest BCUT2D eigenvalue weighted by Gasteiger charge is -2.27. The summed E-state index contributed by atoms with van der Waals surface area (Å²) in [7, 11) is 1.78. The van der Waals surface area contributed by atoms with Gasteiger partial charge < -0.3 is 4.90 Å². The molecule has 0 unspecified atom stereocenters. The lowest BCUT2D eigenvalue weighted by atomic mass is 9.89. The van der Waals surface area contributed by atoms with Crippen molar-refractivity contribution in [3.05, 3.63) is 11.6 Å². The first-order chi connectivity index (χ1) is 7.36. The van der Waals surface area contributed by atoms with Crippen LogP contribution in [0.4, 0.5) is 0 Å². The molecule has 0 spiro atoms. The molecule has 1 rings (SSSR count). The smallest absolute Gasteiger partial charge is 0.228 e. The summed E-state index contributed by atoms with van der Waals surface area (Å²) in [6.07, 6.45) is 0.823. The van der Waals surface area contributed by atoms with Crippen LogP contribution in [0.1, 0.15) is 38.8 Å². The second-order valence-corrected chi connectivity index (χ2v) is 4.74. The lowest BCUT2D eigenvalue weighted by molar-refractivity contribution is -0.139. The maximum Gasteiger partial charge on any atom is 0.228 e. The quantitative estimate of drug-likeness (QED) is 0.843. The van der Waals surface area contributed by atoms with E-state index in [1.165, 1.54) is 0 Å². The van der Waals surface area contributed by atoms with Crippen LogP contribution in [0.25, 0.3) is 0 Å². The monoisotopic (exact) mass is 224 g/mol. The summed E-state index contributed by atoms with van der Waals surface area (Å²) >= 11 is 0. The van der Waals surface area contributed by atoms with E-state index in [0.717, 1.165) is 12.2 Å². The largest absolute Gasteiger partial charge is 0.338 e. The zero-order valence-electron chi connectivity index (χ0n) is 10.7. The molecule has 0 atom stereocenters. The van der Waals surface area contributed by atoms with E-state index in [9.17, 15) is 4.79 Å². The van der Waals surface area contributed by atoms with E-state index in [2.05, 4.69) is 15.2 Å². The van der Waals surface area contributed by atoms with Crippen molar-refractivity contribution in [1.29, 1.82) is 0 Å². The first-order valence-electron chi connectivity index (χ1n) is 5.50. The van der Waals surface area contributed by atoms with E-state index in [1.807, 2.05) is 27.7 Å². The standard InChI is InChI=1S/C11H20N4O/c1-6-11(3,4)10(16)15(5)7-9-12-8(2)13-14-9/h6-7H2,1-5H3,(H,12,13,14). The van der Waals surface area contributed by atoms with E-state index in [-0.39, 0.29) is 11.3 Å². The molecule has 1 aromatic heterocycles. The van der Waals surface area contributed by atoms with Crippen LogP contribution in [0.5, 0.6) is 0 Å². The van der Waals surface area contributed by atoms with E-state index in [1.54, 1.807) is 11.9 Å². The molecule has 5 nitrogen and oxygen atoms in total. The molecule has 0 fully saturated rings. The third-order valence-corrected chi connectivity index (χ3v) is 2.83. The molecule has 0 saturated carbocycles. The minimum absolute atomic E-state index is 0.123. The van der Waals surface area contributed by atoms with Gasteiger partial charge in [0.1, 0.15) is 5.82 Å². The van der Waals surface area contributed by atoms with E-state index in [0.29, 0.717) is 12.4 Å². The molecular weight excluding hydrogens is 204 g/mol. The highest BCUT2D eigenvalue weighted by molar-refractivity contribution is 5.81. The van der Waals surface area contributed by atoms with Gasteiger partial charge in [-0.3, -0.25) is 9.89 Å². The normalized spacial score (nSPS) is 11.6. The Hall–Kier alpha value is -1.39. The highest BCUT2D eigenvalue weighted by atomic mass is 16.2. The second kappa shape index (κ2) is 4.63. The highest BCUT2D eigenvalue weighted by Gasteiger charge is 2.28. The van der Waals surface area contributed by atoms with Gasteiger partial charge in [0.25, 0.3) is 0 Å². The molecule has 1 amide bonds. The number of hydrogen-bond donors (Lipinski definition) is 1. The first-order valence-corrected chi connectivity index (χ1v) is 5.50. The third-order valence-electron chi connectivity index (χ3n) is 2.83. The minimum atomic E-state index is -0.319. The zero-order valence-corrected chi connectivity index (χ0v) is 10.7. The zero-order chi connectivity index (χ0) is 12.3. The van der Waals surface area contributed by atoms with Crippen LogP contribution < -0.4 is 0 Å². The number of aromatic nitrogens is 3. The Balaban J connectivity index is 2.65. The summed E-state index contributed by atoms with van der Waals surface area (Å²) in [6, 6.07) is 0. The van der Waals surface area contributed by atoms with Crippen molar-refractivity contribution >= 4 is 5.91 Å². The molecule has 1 aromatic rings. The van der Waals surface area contributed by atoms with Crippen LogP contribution in [-0.4, -0.2) is 33.0 Å². The third kappa shape index (κ3) is 2.81. The Morgan fingerprint density at radius 3 is 2.56 bits per heavy atom. The summed E-state index contributed by atoms with van der Waals surface area (Å²) in [6.45, 7) is 8.22. The Kier molecular flexibility index (Phi) is 3.67. The Labute approximate surface area is 96.3 Å². The number of rotatable bonds is 4. The summed E-state index contributed by atoms with van der Waals surface area (Å²) in [5, 5.41) is 6.78. The molecular formula is C11H20N4O. The predicted molar refractivity (Wildman–Crippen MR) is 61.7 cm³/mol. The molecule has 1 N–H and O–H groups in total. The molecule has 0 bridgehead atoms. The highest BCUT2D eigenvalue weighted by Crippen LogP contribution is 2.22. The summed E-state index contributed by atoms with van der Waals surface area (Å²) in [5.41, 5.74) is -0.319. The Morgan fingerprint density at radius 1 is 1.50 bits per heavy atom. The lowest BCUT2D eigenvalue weighted by Crippen LogP contribution is -2.37. The van der Waals surface area contributed by atoms with Gasteiger partial charge in [-0.2, -0.15) is 5.10 Å². The van der Waals surface area contributed by atoms with E-state index in [4.69, 9.17) is 0 Å². The first kappa shape index (κ1) is 12.7. The number of carbonyl (C=O) groups excluding carboxylic acids is 1. The molecule has 16 heavy (non-hydrogen) atoms. The summed E-state index contributed by atoms with van der Waals surface area (Å²) in [5.74, 6) is 1.54. The van der Waals surface area contributed by atoms with Crippen LogP contribution in [0, 0.1) is 12.3 Å². The van der Waals surface area contributed by atoms with Gasteiger partial charge in [0.2, 0.25) is 5.91 Å². The van der Waals surface area contributed by atoms with Gasteiger partial charge >= 0.3 is 0 Å². The number of hydrogen-bond acceptors (Lipinski definition) is 3. The van der Waals surface area contributed by atoms with Crippen molar-refractivity contribution in [3.63, 3.8) is 0 Å². The number of H-pyrrole nitrogens is 1. The molecule has 0 aliphatic carbocycles. The van der Waals surface area contributed by atoms with Crippen molar-refractivity contribution in [3.8, 4) is 0 Å². The van der Waals surface area contributed by atoms with Crippen molar-refractivity contribution in [2.45, 2.75) is 40.7 Å². The van der Waals surface area contributed by atoms with Crippen LogP contribution in [-0.2, 0) is 11.3 Å². The van der Waals surface area contributed by atoms with Gasteiger partial charge in [-0.05, 0) is 13.3 Å². The van der Waals surface area contributed by atoms with Crippen LogP contribution >= 0.6 is 0 Å². The SMILES string of the molecule is CCC(C)(C)C(=O)N(C)Cc1n[nH]c(C)n1. The van der Waals surface area contributed by atoms with E-state index >= 15 is 0 Å². The summed E-state index contributed by atoms with van der Waals surface area (Å²) in [4.78, 5) is 17.9. The minimum Gasteiger partial charge on any atom is -0.338 e. The average Bonchev–Trinajstić information content (AvgIpc) is 2.62. The number of carbonyl (C=O) groups is 1. The molecule has 0 radical (unpaired) electrons. The van der Waals surface area contributed by atoms with E-state index < -0.39 is 0 Å². The molecule has 0 aromatic carbocycles. The van der Waals surface area contributed by atoms with Gasteiger partial charge in [-0.1, -0.05) is 20.8 Å². The Morgan fingerprint density at radius 2 is 2.12 bits per heavy atom. The fourth-order valence-electron chi connectivity index (χ4n) is 1.41. The fraction of sp³-hybridized carbons (Fsp3) is 0.727. The second-order valence-electron chi connectivity index (χ2n) is 4.74. The molecule has 0 aliphatic rings. The van der Waals surface area contributed by atoms with Gasteiger partial charge in [0.15, 0.2) is 5.82 Å². The molecule has 0 aliphatic heterocycles. The number of nitrogens with one attached hydrogen (secondary N) is 1. The maximum absolute atomic E-state index is 12.1. The number of aryl methyl sites for hydroxylation is 1. The van der Waals surface area contributed by atoms with Crippen LogP contribution in [0.3, 0.4) is 0 Å². The van der Waals surface area contributed by atoms with Crippen LogP contribution in [0.2, 0.25) is 0 Å². The molecule has 5 heteroatoms. The van der Waals surface area contributed by atoms with Gasteiger partial charge in [-0.25, -0.2) is 4.98 Å². The van der Waals surface area contributed by atoms with Crippen molar-refractivity contribution in [1.82, 2.24) is 20.1 Å². The van der Waals surface area contributed by atoms with Crippen LogP contribution in [0.15, 0.2) is 0 Å². The predicted octanol–water partition coefficient (Wildman–Crippen LogP) is 1.51.